The first kappa shape index (κ1) is 16.3. The summed E-state index contributed by atoms with van der Waals surface area (Å²) in [6, 6.07) is 0.583. The number of ether oxygens (including phenoxy) is 1. The van der Waals surface area contributed by atoms with Crippen molar-refractivity contribution in [2.24, 2.45) is 11.8 Å². The molecule has 1 aromatic rings. The van der Waals surface area contributed by atoms with Crippen LogP contribution in [0.3, 0.4) is 0 Å². The Balaban J connectivity index is 1.71. The third-order valence-electron chi connectivity index (χ3n) is 4.86. The summed E-state index contributed by atoms with van der Waals surface area (Å²) >= 11 is 1.19. The summed E-state index contributed by atoms with van der Waals surface area (Å²) in [5, 5.41) is 8.67. The average molecular weight is 345 g/mol. The van der Waals surface area contributed by atoms with Crippen LogP contribution in [0.25, 0.3) is 0 Å². The highest BCUT2D eigenvalue weighted by Gasteiger charge is 2.42. The second-order valence-electron chi connectivity index (χ2n) is 6.44. The summed E-state index contributed by atoms with van der Waals surface area (Å²) in [5.74, 6) is 1.66. The minimum absolute atomic E-state index is 0.113. The molecule has 0 N–H and O–H groups in total. The molecular formula is C14H23N3O3S2. The van der Waals surface area contributed by atoms with Gasteiger partial charge in [0.25, 0.3) is 0 Å². The number of hydrogen-bond acceptors (Lipinski definition) is 7. The fraction of sp³-hybridized carbons (Fsp3) is 0.857. The second-order valence-corrected chi connectivity index (χ2v) is 9.69. The normalized spacial score (nSPS) is 27.9. The Hall–Kier alpha value is -0.570. The number of sulfone groups is 1. The van der Waals surface area contributed by atoms with E-state index in [1.165, 1.54) is 43.3 Å². The largest absolute Gasteiger partial charge is 0.383 e. The van der Waals surface area contributed by atoms with Gasteiger partial charge in [-0.3, -0.25) is 4.90 Å². The summed E-state index contributed by atoms with van der Waals surface area (Å²) in [5.41, 5.74) is 0. The highest BCUT2D eigenvalue weighted by atomic mass is 32.2. The number of methoxy groups -OCH3 is 1. The molecule has 0 spiro atoms. The van der Waals surface area contributed by atoms with E-state index in [9.17, 15) is 8.42 Å². The Kier molecular flexibility index (Phi) is 4.82. The molecule has 124 valence electrons. The molecular weight excluding hydrogens is 322 g/mol. The zero-order chi connectivity index (χ0) is 15.7. The summed E-state index contributed by atoms with van der Waals surface area (Å²) in [7, 11) is -1.55. The van der Waals surface area contributed by atoms with Gasteiger partial charge in [0.1, 0.15) is 5.01 Å². The Labute approximate surface area is 135 Å². The topological polar surface area (TPSA) is 72.4 Å². The van der Waals surface area contributed by atoms with Crippen molar-refractivity contribution in [1.29, 1.82) is 0 Å². The van der Waals surface area contributed by atoms with E-state index < -0.39 is 9.84 Å². The van der Waals surface area contributed by atoms with E-state index in [-0.39, 0.29) is 4.34 Å². The predicted octanol–water partition coefficient (Wildman–Crippen LogP) is 1.58. The van der Waals surface area contributed by atoms with Crippen molar-refractivity contribution in [2.45, 2.75) is 42.6 Å². The van der Waals surface area contributed by atoms with Crippen LogP contribution in [-0.2, 0) is 21.1 Å². The number of rotatable bonds is 7. The van der Waals surface area contributed by atoms with E-state index in [4.69, 9.17) is 4.74 Å². The summed E-state index contributed by atoms with van der Waals surface area (Å²) < 4.78 is 28.4. The van der Waals surface area contributed by atoms with Crippen LogP contribution in [0.5, 0.6) is 0 Å². The molecule has 2 bridgehead atoms. The lowest BCUT2D eigenvalue weighted by Gasteiger charge is -2.33. The Morgan fingerprint density at radius 1 is 1.32 bits per heavy atom. The molecule has 8 heteroatoms. The van der Waals surface area contributed by atoms with Gasteiger partial charge in [0.05, 0.1) is 13.2 Å². The number of aromatic nitrogens is 2. The van der Waals surface area contributed by atoms with E-state index in [1.807, 2.05) is 0 Å². The molecule has 22 heavy (non-hydrogen) atoms. The standard InChI is InChI=1S/C14H23N3O3S2/c1-20-6-5-17(12-8-10-3-4-11(12)7-10)9-13-15-16-14(21-13)22(2,18)19/h10-12H,3-9H2,1-2H3/t10-,11-,12-/m0/s1. The lowest BCUT2D eigenvalue weighted by Crippen LogP contribution is -2.40. The maximum Gasteiger partial charge on any atom is 0.232 e. The van der Waals surface area contributed by atoms with Gasteiger partial charge < -0.3 is 4.74 Å². The first-order valence-corrected chi connectivity index (χ1v) is 10.4. The van der Waals surface area contributed by atoms with Crippen LogP contribution in [0.4, 0.5) is 0 Å². The molecule has 0 unspecified atom stereocenters. The molecule has 3 rings (SSSR count). The fourth-order valence-corrected chi connectivity index (χ4v) is 5.53. The Morgan fingerprint density at radius 3 is 2.68 bits per heavy atom. The zero-order valence-corrected chi connectivity index (χ0v) is 14.7. The number of nitrogens with zero attached hydrogens (tertiary/aromatic N) is 3. The molecule has 1 heterocycles. The molecule has 0 saturated heterocycles. The Bertz CT molecular complexity index is 617. The van der Waals surface area contributed by atoms with Crippen molar-refractivity contribution in [3.8, 4) is 0 Å². The first-order chi connectivity index (χ1) is 10.5. The van der Waals surface area contributed by atoms with Crippen LogP contribution < -0.4 is 0 Å². The van der Waals surface area contributed by atoms with Crippen molar-refractivity contribution in [3.05, 3.63) is 5.01 Å². The van der Waals surface area contributed by atoms with Crippen LogP contribution in [-0.4, -0.2) is 56.1 Å². The number of hydrogen-bond donors (Lipinski definition) is 0. The van der Waals surface area contributed by atoms with Crippen LogP contribution in [0.15, 0.2) is 4.34 Å². The van der Waals surface area contributed by atoms with Gasteiger partial charge in [0, 0.05) is 26.0 Å². The summed E-state index contributed by atoms with van der Waals surface area (Å²) in [6.45, 7) is 2.22. The van der Waals surface area contributed by atoms with E-state index in [0.717, 1.165) is 23.4 Å². The maximum atomic E-state index is 11.5. The molecule has 0 aromatic carbocycles. The van der Waals surface area contributed by atoms with Crippen LogP contribution in [0, 0.1) is 11.8 Å². The summed E-state index contributed by atoms with van der Waals surface area (Å²) in [6.07, 6.45) is 6.47. The zero-order valence-electron chi connectivity index (χ0n) is 13.1. The summed E-state index contributed by atoms with van der Waals surface area (Å²) in [4.78, 5) is 2.42. The SMILES string of the molecule is COCCN(Cc1nnc(S(C)(=O)=O)s1)[C@H]1C[C@H]2CC[C@H]1C2. The van der Waals surface area contributed by atoms with E-state index >= 15 is 0 Å². The van der Waals surface area contributed by atoms with Crippen LogP contribution in [0.1, 0.15) is 30.7 Å². The van der Waals surface area contributed by atoms with Crippen LogP contribution in [0.2, 0.25) is 0 Å². The van der Waals surface area contributed by atoms with E-state index in [2.05, 4.69) is 15.1 Å². The van der Waals surface area contributed by atoms with Gasteiger partial charge in [0.2, 0.25) is 14.2 Å². The van der Waals surface area contributed by atoms with E-state index in [0.29, 0.717) is 19.2 Å². The minimum atomic E-state index is -3.26. The molecule has 2 aliphatic rings. The van der Waals surface area contributed by atoms with Crippen molar-refractivity contribution >= 4 is 21.2 Å². The average Bonchev–Trinajstić information content (AvgIpc) is 3.17. The quantitative estimate of drug-likeness (QED) is 0.747. The Morgan fingerprint density at radius 2 is 2.14 bits per heavy atom. The highest BCUT2D eigenvalue weighted by molar-refractivity contribution is 7.92. The molecule has 1 aromatic heterocycles. The molecule has 6 nitrogen and oxygen atoms in total. The second kappa shape index (κ2) is 6.51. The fourth-order valence-electron chi connectivity index (χ4n) is 3.85. The van der Waals surface area contributed by atoms with Gasteiger partial charge >= 0.3 is 0 Å². The third-order valence-corrected chi connectivity index (χ3v) is 7.43. The molecule has 0 aliphatic heterocycles. The van der Waals surface area contributed by atoms with E-state index in [1.54, 1.807) is 7.11 Å². The third kappa shape index (κ3) is 3.50. The van der Waals surface area contributed by atoms with Gasteiger partial charge in [-0.1, -0.05) is 17.8 Å². The molecule has 3 atom stereocenters. The van der Waals surface area contributed by atoms with Gasteiger partial charge in [-0.05, 0) is 31.1 Å². The highest BCUT2D eigenvalue weighted by Crippen LogP contribution is 2.46. The maximum absolute atomic E-state index is 11.5. The van der Waals surface area contributed by atoms with Gasteiger partial charge in [0.15, 0.2) is 0 Å². The molecule has 2 fully saturated rings. The van der Waals surface area contributed by atoms with Crippen molar-refractivity contribution < 1.29 is 13.2 Å². The molecule has 0 amide bonds. The van der Waals surface area contributed by atoms with Crippen molar-refractivity contribution in [1.82, 2.24) is 15.1 Å². The minimum Gasteiger partial charge on any atom is -0.383 e. The number of fused-ring (bicyclic) bond motifs is 2. The van der Waals surface area contributed by atoms with Gasteiger partial charge in [-0.15, -0.1) is 10.2 Å². The molecule has 0 radical (unpaired) electrons. The van der Waals surface area contributed by atoms with Crippen LogP contribution >= 0.6 is 11.3 Å². The lowest BCUT2D eigenvalue weighted by molar-refractivity contribution is 0.0884. The smallest absolute Gasteiger partial charge is 0.232 e. The van der Waals surface area contributed by atoms with Gasteiger partial charge in [-0.25, -0.2) is 8.42 Å². The van der Waals surface area contributed by atoms with Crippen molar-refractivity contribution in [2.75, 3.05) is 26.5 Å². The van der Waals surface area contributed by atoms with Crippen molar-refractivity contribution in [3.63, 3.8) is 0 Å². The van der Waals surface area contributed by atoms with Gasteiger partial charge in [-0.2, -0.15) is 0 Å². The first-order valence-electron chi connectivity index (χ1n) is 7.73. The predicted molar refractivity (Wildman–Crippen MR) is 84.5 cm³/mol. The molecule has 2 saturated carbocycles. The molecule has 2 aliphatic carbocycles. The lowest BCUT2D eigenvalue weighted by atomic mass is 9.94. The monoisotopic (exact) mass is 345 g/mol.